The number of fused-ring (bicyclic) bond motifs is 1. The van der Waals surface area contributed by atoms with Crippen molar-refractivity contribution >= 4 is 50.6 Å². The Balaban J connectivity index is 1.47. The number of nitrogens with zero attached hydrogens (tertiary/aromatic N) is 3. The summed E-state index contributed by atoms with van der Waals surface area (Å²) < 4.78 is 0. The molecule has 0 spiro atoms. The Labute approximate surface area is 167 Å². The number of thioether (sulfide) groups is 1. The number of aromatic nitrogens is 2. The summed E-state index contributed by atoms with van der Waals surface area (Å²) in [7, 11) is 0. The lowest BCUT2D eigenvalue weighted by molar-refractivity contribution is -0.113. The first kappa shape index (κ1) is 18.3. The van der Waals surface area contributed by atoms with Gasteiger partial charge in [0.1, 0.15) is 16.2 Å². The second-order valence-electron chi connectivity index (χ2n) is 6.69. The number of benzene rings is 1. The number of hydrogen-bond acceptors (Lipinski definition) is 6. The molecule has 0 aliphatic carbocycles. The van der Waals surface area contributed by atoms with E-state index < -0.39 is 0 Å². The summed E-state index contributed by atoms with van der Waals surface area (Å²) in [5.41, 5.74) is 3.21. The molecule has 0 unspecified atom stereocenters. The average molecular weight is 399 g/mol. The lowest BCUT2D eigenvalue weighted by Crippen LogP contribution is -2.21. The first-order valence-electron chi connectivity index (χ1n) is 9.11. The lowest BCUT2D eigenvalue weighted by Gasteiger charge is -2.21. The molecule has 0 atom stereocenters. The van der Waals surface area contributed by atoms with Crippen LogP contribution in [0.15, 0.2) is 35.6 Å². The van der Waals surface area contributed by atoms with Gasteiger partial charge in [0.2, 0.25) is 5.91 Å². The van der Waals surface area contributed by atoms with Crippen LogP contribution in [-0.4, -0.2) is 34.7 Å². The van der Waals surface area contributed by atoms with Crippen LogP contribution >= 0.6 is 23.1 Å². The molecule has 1 aromatic carbocycles. The number of hydrogen-bond donors (Lipinski definition) is 1. The molecule has 3 heterocycles. The fraction of sp³-hybridized carbons (Fsp3) is 0.350. The Kier molecular flexibility index (Phi) is 5.31. The Morgan fingerprint density at radius 2 is 2.00 bits per heavy atom. The predicted octanol–water partition coefficient (Wildman–Crippen LogP) is 4.64. The van der Waals surface area contributed by atoms with E-state index in [9.17, 15) is 4.79 Å². The minimum Gasteiger partial charge on any atom is -0.370 e. The molecular weight excluding hydrogens is 376 g/mol. The number of rotatable bonds is 5. The highest BCUT2D eigenvalue weighted by Gasteiger charge is 2.17. The van der Waals surface area contributed by atoms with Crippen LogP contribution < -0.4 is 10.2 Å². The number of nitrogens with one attached hydrogen (secondary N) is 1. The van der Waals surface area contributed by atoms with Gasteiger partial charge in [0.05, 0.1) is 17.1 Å². The van der Waals surface area contributed by atoms with Gasteiger partial charge < -0.3 is 10.2 Å². The minimum absolute atomic E-state index is 0.0111. The van der Waals surface area contributed by atoms with Gasteiger partial charge in [0.15, 0.2) is 0 Å². The van der Waals surface area contributed by atoms with Gasteiger partial charge in [-0.15, -0.1) is 11.3 Å². The standard InChI is InChI=1S/C20H22N4OS2/c1-13-14(2)27-20-18(13)19(21-12-22-20)26-11-17(25)23-15-7-3-4-8-16(15)24-9-5-6-10-24/h3-4,7-8,12H,5-6,9-11H2,1-2H3,(H,23,25). The number of aryl methyl sites for hydroxylation is 2. The van der Waals surface area contributed by atoms with Gasteiger partial charge >= 0.3 is 0 Å². The molecule has 1 aliphatic heterocycles. The number of amides is 1. The normalized spacial score (nSPS) is 14.1. The third-order valence-electron chi connectivity index (χ3n) is 4.90. The SMILES string of the molecule is Cc1sc2ncnc(SCC(=O)Nc3ccccc3N3CCCC3)c2c1C. The first-order valence-corrected chi connectivity index (χ1v) is 10.9. The average Bonchev–Trinajstić information content (AvgIpc) is 3.30. The monoisotopic (exact) mass is 398 g/mol. The van der Waals surface area contributed by atoms with Crippen molar-refractivity contribution in [1.82, 2.24) is 9.97 Å². The summed E-state index contributed by atoms with van der Waals surface area (Å²) in [6.45, 7) is 6.29. The van der Waals surface area contributed by atoms with E-state index in [1.54, 1.807) is 17.7 Å². The zero-order valence-electron chi connectivity index (χ0n) is 15.5. The molecule has 4 rings (SSSR count). The van der Waals surface area contributed by atoms with E-state index in [1.165, 1.54) is 35.0 Å². The molecular formula is C20H22N4OS2. The number of carbonyl (C=O) groups excluding carboxylic acids is 1. The summed E-state index contributed by atoms with van der Waals surface area (Å²) in [6, 6.07) is 8.05. The highest BCUT2D eigenvalue weighted by atomic mass is 32.2. The summed E-state index contributed by atoms with van der Waals surface area (Å²) in [4.78, 5) is 25.9. The van der Waals surface area contributed by atoms with Crippen LogP contribution in [0.4, 0.5) is 11.4 Å². The Hall–Kier alpha value is -2.12. The maximum atomic E-state index is 12.6. The van der Waals surface area contributed by atoms with Gasteiger partial charge in [-0.2, -0.15) is 0 Å². The molecule has 140 valence electrons. The van der Waals surface area contributed by atoms with Gasteiger partial charge in [0.25, 0.3) is 0 Å². The fourth-order valence-corrected chi connectivity index (χ4v) is 5.31. The minimum atomic E-state index is -0.0111. The van der Waals surface area contributed by atoms with Crippen LogP contribution in [0.1, 0.15) is 23.3 Å². The molecule has 1 amide bonds. The Morgan fingerprint density at radius 1 is 1.22 bits per heavy atom. The van der Waals surface area contributed by atoms with Crippen molar-refractivity contribution in [3.05, 3.63) is 41.0 Å². The van der Waals surface area contributed by atoms with E-state index in [1.807, 2.05) is 18.2 Å². The van der Waals surface area contributed by atoms with Crippen LogP contribution in [0.25, 0.3) is 10.2 Å². The molecule has 2 aromatic heterocycles. The maximum Gasteiger partial charge on any atom is 0.234 e. The summed E-state index contributed by atoms with van der Waals surface area (Å²) >= 11 is 3.15. The Morgan fingerprint density at radius 3 is 2.81 bits per heavy atom. The van der Waals surface area contributed by atoms with E-state index >= 15 is 0 Å². The molecule has 1 saturated heterocycles. The van der Waals surface area contributed by atoms with Crippen molar-refractivity contribution in [2.24, 2.45) is 0 Å². The van der Waals surface area contributed by atoms with Gasteiger partial charge in [-0.3, -0.25) is 4.79 Å². The zero-order chi connectivity index (χ0) is 18.8. The Bertz CT molecular complexity index is 979. The summed E-state index contributed by atoms with van der Waals surface area (Å²) in [5.74, 6) is 0.317. The van der Waals surface area contributed by atoms with Crippen molar-refractivity contribution in [2.45, 2.75) is 31.7 Å². The van der Waals surface area contributed by atoms with E-state index in [2.05, 4.69) is 40.1 Å². The van der Waals surface area contributed by atoms with Gasteiger partial charge in [-0.25, -0.2) is 9.97 Å². The summed E-state index contributed by atoms with van der Waals surface area (Å²) in [6.07, 6.45) is 4.00. The fourth-order valence-electron chi connectivity index (χ4n) is 3.39. The van der Waals surface area contributed by atoms with Crippen molar-refractivity contribution < 1.29 is 4.79 Å². The molecule has 5 nitrogen and oxygen atoms in total. The summed E-state index contributed by atoms with van der Waals surface area (Å²) in [5, 5.41) is 5.04. The number of carbonyl (C=O) groups is 1. The van der Waals surface area contributed by atoms with Crippen LogP contribution in [0.3, 0.4) is 0 Å². The molecule has 1 aliphatic rings. The van der Waals surface area contributed by atoms with Crippen molar-refractivity contribution in [1.29, 1.82) is 0 Å². The van der Waals surface area contributed by atoms with Gasteiger partial charge in [-0.05, 0) is 44.4 Å². The first-order chi connectivity index (χ1) is 13.1. The van der Waals surface area contributed by atoms with Crippen molar-refractivity contribution in [2.75, 3.05) is 29.1 Å². The number of anilines is 2. The zero-order valence-corrected chi connectivity index (χ0v) is 17.1. The molecule has 27 heavy (non-hydrogen) atoms. The molecule has 7 heteroatoms. The lowest BCUT2D eigenvalue weighted by atomic mass is 10.2. The number of para-hydroxylation sites is 2. The van der Waals surface area contributed by atoms with Crippen LogP contribution in [0.2, 0.25) is 0 Å². The van der Waals surface area contributed by atoms with E-state index in [0.717, 1.165) is 39.7 Å². The van der Waals surface area contributed by atoms with E-state index in [4.69, 9.17) is 0 Å². The van der Waals surface area contributed by atoms with Crippen molar-refractivity contribution in [3.63, 3.8) is 0 Å². The molecule has 0 saturated carbocycles. The second kappa shape index (κ2) is 7.86. The molecule has 1 N–H and O–H groups in total. The maximum absolute atomic E-state index is 12.6. The van der Waals surface area contributed by atoms with Crippen LogP contribution in [0.5, 0.6) is 0 Å². The van der Waals surface area contributed by atoms with Gasteiger partial charge in [0, 0.05) is 23.4 Å². The third kappa shape index (κ3) is 3.80. The number of thiophene rings is 1. The second-order valence-corrected chi connectivity index (χ2v) is 8.86. The largest absolute Gasteiger partial charge is 0.370 e. The smallest absolute Gasteiger partial charge is 0.234 e. The van der Waals surface area contributed by atoms with Crippen molar-refractivity contribution in [3.8, 4) is 0 Å². The molecule has 0 radical (unpaired) electrons. The van der Waals surface area contributed by atoms with Crippen LogP contribution in [0, 0.1) is 13.8 Å². The van der Waals surface area contributed by atoms with Crippen LogP contribution in [-0.2, 0) is 4.79 Å². The van der Waals surface area contributed by atoms with E-state index in [-0.39, 0.29) is 5.91 Å². The highest BCUT2D eigenvalue weighted by molar-refractivity contribution is 8.00. The van der Waals surface area contributed by atoms with Gasteiger partial charge in [-0.1, -0.05) is 23.9 Å². The predicted molar refractivity (Wildman–Crippen MR) is 114 cm³/mol. The van der Waals surface area contributed by atoms with E-state index in [0.29, 0.717) is 5.75 Å². The third-order valence-corrected chi connectivity index (χ3v) is 7.00. The molecule has 3 aromatic rings. The molecule has 1 fully saturated rings. The quantitative estimate of drug-likeness (QED) is 0.501. The highest BCUT2D eigenvalue weighted by Crippen LogP contribution is 2.34. The topological polar surface area (TPSA) is 58.1 Å². The molecule has 0 bridgehead atoms.